The summed E-state index contributed by atoms with van der Waals surface area (Å²) in [6.45, 7) is 2.99. The zero-order chi connectivity index (χ0) is 33.7. The summed E-state index contributed by atoms with van der Waals surface area (Å²) < 4.78 is 0. The van der Waals surface area contributed by atoms with Crippen LogP contribution < -0.4 is 16.0 Å². The summed E-state index contributed by atoms with van der Waals surface area (Å²) in [4.78, 5) is 42.5. The molecule has 8 nitrogen and oxygen atoms in total. The third-order valence-corrected chi connectivity index (χ3v) is 11.3. The summed E-state index contributed by atoms with van der Waals surface area (Å²) >= 11 is 1.54. The van der Waals surface area contributed by atoms with Crippen LogP contribution in [0.5, 0.6) is 0 Å². The highest BCUT2D eigenvalue weighted by Crippen LogP contribution is 2.39. The van der Waals surface area contributed by atoms with Crippen molar-refractivity contribution in [2.75, 3.05) is 23.7 Å². The fourth-order valence-corrected chi connectivity index (χ4v) is 8.52. The van der Waals surface area contributed by atoms with Gasteiger partial charge in [0, 0.05) is 34.8 Å². The highest BCUT2D eigenvalue weighted by atomic mass is 32.1. The maximum Gasteiger partial charge on any atom is 0.335 e. The van der Waals surface area contributed by atoms with Gasteiger partial charge in [-0.15, -0.1) is 11.3 Å². The Morgan fingerprint density at radius 3 is 2.12 bits per heavy atom. The topological polar surface area (TPSA) is 111 Å². The number of amides is 2. The molecule has 0 spiro atoms. The first kappa shape index (κ1) is 33.2. The molecular formula is C40H44N4O4S. The monoisotopic (exact) mass is 676 g/mol. The molecule has 4 N–H and O–H groups in total. The van der Waals surface area contributed by atoms with E-state index in [1.165, 1.54) is 41.9 Å². The average Bonchev–Trinajstić information content (AvgIpc) is 3.91. The summed E-state index contributed by atoms with van der Waals surface area (Å²) in [7, 11) is 0. The van der Waals surface area contributed by atoms with E-state index in [4.69, 9.17) is 5.11 Å². The smallest absolute Gasteiger partial charge is 0.335 e. The molecule has 2 fully saturated rings. The summed E-state index contributed by atoms with van der Waals surface area (Å²) in [5.41, 5.74) is 6.60. The van der Waals surface area contributed by atoms with Gasteiger partial charge in [0.15, 0.2) is 0 Å². The number of anilines is 2. The zero-order valence-corrected chi connectivity index (χ0v) is 28.6. The number of benzene rings is 3. The first-order valence-corrected chi connectivity index (χ1v) is 18.5. The predicted octanol–water partition coefficient (Wildman–Crippen LogP) is 7.33. The molecule has 7 rings (SSSR count). The van der Waals surface area contributed by atoms with Crippen molar-refractivity contribution in [3.05, 3.63) is 117 Å². The largest absolute Gasteiger partial charge is 0.478 e. The van der Waals surface area contributed by atoms with Crippen LogP contribution in [0.2, 0.25) is 0 Å². The normalized spacial score (nSPS) is 16.3. The van der Waals surface area contributed by atoms with Gasteiger partial charge in [-0.3, -0.25) is 14.5 Å². The summed E-state index contributed by atoms with van der Waals surface area (Å²) in [6.07, 6.45) is 10.3. The molecule has 1 aromatic heterocycles. The number of carbonyl (C=O) groups is 3. The highest BCUT2D eigenvalue weighted by Gasteiger charge is 2.34. The fourth-order valence-electron chi connectivity index (χ4n) is 7.24. The van der Waals surface area contributed by atoms with E-state index in [0.717, 1.165) is 80.4 Å². The zero-order valence-electron chi connectivity index (χ0n) is 27.8. The van der Waals surface area contributed by atoms with Crippen molar-refractivity contribution in [3.8, 4) is 0 Å². The Hall–Kier alpha value is -4.31. The number of carboxylic acid groups (broad SMARTS) is 1. The van der Waals surface area contributed by atoms with E-state index in [9.17, 15) is 14.4 Å². The Morgan fingerprint density at radius 2 is 1.43 bits per heavy atom. The number of hydrogen-bond donors (Lipinski definition) is 4. The molecule has 49 heavy (non-hydrogen) atoms. The van der Waals surface area contributed by atoms with Gasteiger partial charge in [0.05, 0.1) is 11.1 Å². The predicted molar refractivity (Wildman–Crippen MR) is 195 cm³/mol. The quantitative estimate of drug-likeness (QED) is 0.125. The minimum Gasteiger partial charge on any atom is -0.478 e. The molecule has 3 aliphatic rings. The molecule has 3 aromatic carbocycles. The van der Waals surface area contributed by atoms with Gasteiger partial charge in [0.25, 0.3) is 11.8 Å². The number of nitrogens with zero attached hydrogens (tertiary/aromatic N) is 1. The van der Waals surface area contributed by atoms with Crippen molar-refractivity contribution in [3.63, 3.8) is 0 Å². The molecule has 0 radical (unpaired) electrons. The van der Waals surface area contributed by atoms with E-state index in [0.29, 0.717) is 33.9 Å². The van der Waals surface area contributed by atoms with Crippen LogP contribution in [-0.2, 0) is 32.2 Å². The van der Waals surface area contributed by atoms with Gasteiger partial charge in [-0.05, 0) is 136 Å². The van der Waals surface area contributed by atoms with E-state index in [1.54, 1.807) is 12.1 Å². The number of rotatable bonds is 12. The van der Waals surface area contributed by atoms with Crippen LogP contribution in [0.1, 0.15) is 96.7 Å². The summed E-state index contributed by atoms with van der Waals surface area (Å²) in [6, 6.07) is 24.0. The second-order valence-electron chi connectivity index (χ2n) is 13.6. The first-order valence-electron chi connectivity index (χ1n) is 17.6. The molecule has 1 saturated carbocycles. The Labute approximate surface area is 291 Å². The van der Waals surface area contributed by atoms with Crippen LogP contribution in [0.4, 0.5) is 10.7 Å². The van der Waals surface area contributed by atoms with Crippen molar-refractivity contribution >= 4 is 39.8 Å². The van der Waals surface area contributed by atoms with E-state index in [-0.39, 0.29) is 17.4 Å². The van der Waals surface area contributed by atoms with Crippen molar-refractivity contribution in [2.45, 2.75) is 82.8 Å². The van der Waals surface area contributed by atoms with Gasteiger partial charge in [0.1, 0.15) is 5.00 Å². The number of thiophene rings is 1. The second kappa shape index (κ2) is 15.1. The molecule has 4 aromatic rings. The third-order valence-electron chi connectivity index (χ3n) is 10.1. The molecule has 0 atom stereocenters. The SMILES string of the molecule is O=C(O)c1ccc(CCc2ccc(NC(=O)c3c(NC(=O)c4cccc(CN(C5CCNCC5)C5CC5)c4)sc4c3CCCC4)cc2)cc1. The van der Waals surface area contributed by atoms with E-state index >= 15 is 0 Å². The molecule has 9 heteroatoms. The number of nitrogens with one attached hydrogen (secondary N) is 3. The van der Waals surface area contributed by atoms with Gasteiger partial charge >= 0.3 is 5.97 Å². The number of hydrogen-bond acceptors (Lipinski definition) is 6. The van der Waals surface area contributed by atoms with Gasteiger partial charge in [0.2, 0.25) is 0 Å². The van der Waals surface area contributed by atoms with Crippen LogP contribution in [-0.4, -0.2) is 53.0 Å². The van der Waals surface area contributed by atoms with Gasteiger partial charge < -0.3 is 21.1 Å². The maximum absolute atomic E-state index is 13.8. The van der Waals surface area contributed by atoms with Crippen molar-refractivity contribution in [2.24, 2.45) is 0 Å². The van der Waals surface area contributed by atoms with Gasteiger partial charge in [-0.2, -0.15) is 0 Å². The number of carboxylic acids is 1. The fraction of sp³-hybridized carbons (Fsp3) is 0.375. The van der Waals surface area contributed by atoms with Gasteiger partial charge in [-0.1, -0.05) is 36.4 Å². The molecule has 1 aliphatic heterocycles. The van der Waals surface area contributed by atoms with Crippen molar-refractivity contribution in [1.82, 2.24) is 10.2 Å². The van der Waals surface area contributed by atoms with Crippen molar-refractivity contribution < 1.29 is 19.5 Å². The molecule has 2 amide bonds. The van der Waals surface area contributed by atoms with Crippen molar-refractivity contribution in [1.29, 1.82) is 0 Å². The minimum absolute atomic E-state index is 0.184. The summed E-state index contributed by atoms with van der Waals surface area (Å²) in [5, 5.41) is 19.5. The lowest BCUT2D eigenvalue weighted by Gasteiger charge is -2.35. The van der Waals surface area contributed by atoms with E-state index < -0.39 is 5.97 Å². The lowest BCUT2D eigenvalue weighted by molar-refractivity contribution is 0.0696. The number of carbonyl (C=O) groups excluding carboxylic acids is 2. The molecular weight excluding hydrogens is 633 g/mol. The van der Waals surface area contributed by atoms with Crippen LogP contribution in [0.25, 0.3) is 0 Å². The molecule has 2 heterocycles. The lowest BCUT2D eigenvalue weighted by atomic mass is 9.95. The van der Waals surface area contributed by atoms with E-state index in [2.05, 4.69) is 26.9 Å². The number of aromatic carboxylic acids is 1. The number of piperidine rings is 1. The Balaban J connectivity index is 1.02. The Morgan fingerprint density at radius 1 is 0.755 bits per heavy atom. The third kappa shape index (κ3) is 8.12. The molecule has 0 bridgehead atoms. The second-order valence-corrected chi connectivity index (χ2v) is 14.7. The van der Waals surface area contributed by atoms with Crippen LogP contribution in [0, 0.1) is 0 Å². The highest BCUT2D eigenvalue weighted by molar-refractivity contribution is 7.17. The Bertz CT molecular complexity index is 1810. The number of aryl methyl sites for hydroxylation is 3. The van der Waals surface area contributed by atoms with E-state index in [1.807, 2.05) is 54.6 Å². The first-order chi connectivity index (χ1) is 23.9. The van der Waals surface area contributed by atoms with Crippen LogP contribution in [0.3, 0.4) is 0 Å². The average molecular weight is 677 g/mol. The molecule has 2 aliphatic carbocycles. The minimum atomic E-state index is -0.926. The maximum atomic E-state index is 13.8. The number of fused-ring (bicyclic) bond motifs is 1. The van der Waals surface area contributed by atoms with Crippen LogP contribution >= 0.6 is 11.3 Å². The molecule has 0 unspecified atom stereocenters. The van der Waals surface area contributed by atoms with Gasteiger partial charge in [-0.25, -0.2) is 4.79 Å². The Kier molecular flexibility index (Phi) is 10.2. The standard InChI is InChI=1S/C40H44N4O4S/c45-37(30-5-3-4-28(24-30)25-44(32-18-19-32)33-20-22-41-23-21-33)43-39-36(34-6-1-2-7-35(34)49-39)38(46)42-31-16-12-27(13-17-31)9-8-26-10-14-29(15-11-26)40(47)48/h3-5,10-17,24,32-33,41H,1-2,6-9,18-23,25H2,(H,42,46)(H,43,45)(H,47,48). The summed E-state index contributed by atoms with van der Waals surface area (Å²) in [5.74, 6) is -1.31. The lowest BCUT2D eigenvalue weighted by Crippen LogP contribution is -2.43. The molecule has 1 saturated heterocycles. The van der Waals surface area contributed by atoms with Crippen LogP contribution in [0.15, 0.2) is 72.8 Å². The molecule has 254 valence electrons.